The predicted octanol–water partition coefficient (Wildman–Crippen LogP) is 9.99. The van der Waals surface area contributed by atoms with Gasteiger partial charge in [-0.05, 0) is 91.8 Å². The van der Waals surface area contributed by atoms with Gasteiger partial charge in [-0.25, -0.2) is 4.79 Å². The molecular weight excluding hydrogens is 468 g/mol. The number of carbonyl (C=O) groups excluding carboxylic acids is 1. The normalized spacial score (nSPS) is 18.1. The number of aryl methyl sites for hydroxylation is 1. The maximum Gasteiger partial charge on any atom is 0.343 e. The van der Waals surface area contributed by atoms with Gasteiger partial charge in [0.1, 0.15) is 11.5 Å². The highest BCUT2D eigenvalue weighted by Gasteiger charge is 2.20. The average Bonchev–Trinajstić information content (AvgIpc) is 2.95. The summed E-state index contributed by atoms with van der Waals surface area (Å²) in [4.78, 5) is 12.6. The summed E-state index contributed by atoms with van der Waals surface area (Å²) in [5, 5.41) is 0. The van der Waals surface area contributed by atoms with Crippen LogP contribution in [0.2, 0.25) is 0 Å². The van der Waals surface area contributed by atoms with E-state index in [-0.39, 0.29) is 5.97 Å². The summed E-state index contributed by atoms with van der Waals surface area (Å²) < 4.78 is 11.5. The Hall–Kier alpha value is -2.55. The Kier molecular flexibility index (Phi) is 13.5. The number of carbonyl (C=O) groups is 1. The lowest BCUT2D eigenvalue weighted by atomic mass is 9.78. The molecule has 0 radical (unpaired) electrons. The number of unbranched alkanes of at least 4 members (excludes halogenated alkanes) is 3. The molecule has 38 heavy (non-hydrogen) atoms. The zero-order valence-corrected chi connectivity index (χ0v) is 24.0. The van der Waals surface area contributed by atoms with Crippen LogP contribution in [0.25, 0.3) is 0 Å². The quantitative estimate of drug-likeness (QED) is 0.0904. The molecule has 0 bridgehead atoms. The number of esters is 1. The Morgan fingerprint density at radius 2 is 1.55 bits per heavy atom. The number of benzene rings is 2. The van der Waals surface area contributed by atoms with Crippen LogP contribution in [0, 0.1) is 17.8 Å². The maximum atomic E-state index is 12.6. The first-order chi connectivity index (χ1) is 18.6. The predicted molar refractivity (Wildman–Crippen MR) is 159 cm³/mol. The highest BCUT2D eigenvalue weighted by atomic mass is 16.5. The number of hydrogen-bond acceptors (Lipinski definition) is 3. The molecule has 208 valence electrons. The molecular formula is C35H50O3. The molecule has 0 spiro atoms. The molecule has 3 heteroatoms. The molecule has 0 N–H and O–H groups in total. The zero-order chi connectivity index (χ0) is 27.0. The van der Waals surface area contributed by atoms with E-state index < -0.39 is 0 Å². The van der Waals surface area contributed by atoms with E-state index in [0.29, 0.717) is 17.9 Å². The zero-order valence-electron chi connectivity index (χ0n) is 24.0. The van der Waals surface area contributed by atoms with E-state index in [1.807, 2.05) is 30.3 Å². The van der Waals surface area contributed by atoms with Crippen LogP contribution >= 0.6 is 0 Å². The van der Waals surface area contributed by atoms with Crippen molar-refractivity contribution in [3.63, 3.8) is 0 Å². The second-order valence-corrected chi connectivity index (χ2v) is 11.4. The van der Waals surface area contributed by atoms with Gasteiger partial charge >= 0.3 is 5.97 Å². The van der Waals surface area contributed by atoms with Gasteiger partial charge < -0.3 is 9.47 Å². The van der Waals surface area contributed by atoms with Gasteiger partial charge in [0.05, 0.1) is 12.2 Å². The van der Waals surface area contributed by atoms with Crippen molar-refractivity contribution in [1.82, 2.24) is 0 Å². The Morgan fingerprint density at radius 3 is 2.21 bits per heavy atom. The van der Waals surface area contributed by atoms with E-state index in [9.17, 15) is 4.79 Å². The molecule has 3 rings (SSSR count). The lowest BCUT2D eigenvalue weighted by Crippen LogP contribution is -2.15. The van der Waals surface area contributed by atoms with Crippen molar-refractivity contribution in [2.24, 2.45) is 17.8 Å². The summed E-state index contributed by atoms with van der Waals surface area (Å²) in [5.74, 6) is 3.66. The topological polar surface area (TPSA) is 35.5 Å². The molecule has 0 unspecified atom stereocenters. The van der Waals surface area contributed by atoms with Gasteiger partial charge in [0, 0.05) is 0 Å². The number of ether oxygens (including phenoxy) is 2. The fourth-order valence-electron chi connectivity index (χ4n) is 5.47. The minimum atomic E-state index is -0.334. The van der Waals surface area contributed by atoms with Crippen molar-refractivity contribution >= 4 is 5.97 Å². The van der Waals surface area contributed by atoms with Gasteiger partial charge in [0.25, 0.3) is 0 Å². The van der Waals surface area contributed by atoms with Crippen LogP contribution in [0.4, 0.5) is 0 Å². The first kappa shape index (κ1) is 30.0. The van der Waals surface area contributed by atoms with E-state index in [0.717, 1.165) is 42.8 Å². The van der Waals surface area contributed by atoms with Crippen molar-refractivity contribution in [3.05, 3.63) is 72.3 Å². The van der Waals surface area contributed by atoms with Crippen LogP contribution in [-0.4, -0.2) is 12.6 Å². The lowest BCUT2D eigenvalue weighted by molar-refractivity contribution is 0.0734. The second kappa shape index (κ2) is 17.1. The fourth-order valence-corrected chi connectivity index (χ4v) is 5.47. The first-order valence-corrected chi connectivity index (χ1v) is 15.2. The van der Waals surface area contributed by atoms with Crippen LogP contribution in [0.15, 0.2) is 61.2 Å². The molecule has 0 heterocycles. The minimum Gasteiger partial charge on any atom is -0.494 e. The van der Waals surface area contributed by atoms with Gasteiger partial charge in [0.15, 0.2) is 0 Å². The van der Waals surface area contributed by atoms with E-state index in [1.54, 1.807) is 12.1 Å². The second-order valence-electron chi connectivity index (χ2n) is 11.4. The summed E-state index contributed by atoms with van der Waals surface area (Å²) in [6.45, 7) is 9.12. The van der Waals surface area contributed by atoms with Gasteiger partial charge in [-0.15, -0.1) is 6.58 Å². The number of rotatable bonds is 17. The van der Waals surface area contributed by atoms with E-state index in [4.69, 9.17) is 9.47 Å². The Morgan fingerprint density at radius 1 is 0.895 bits per heavy atom. The molecule has 1 fully saturated rings. The van der Waals surface area contributed by atoms with Crippen LogP contribution in [0.5, 0.6) is 11.5 Å². The van der Waals surface area contributed by atoms with Crippen LogP contribution in [-0.2, 0) is 6.42 Å². The first-order valence-electron chi connectivity index (χ1n) is 15.2. The Bertz CT molecular complexity index is 923. The SMILES string of the molecule is C=CCCC[C@H]1CC[C@H](CCc2ccc(OC(=O)c3ccc(OCCCCC[C@@H](C)CC)cc3)cc2)CC1. The standard InChI is InChI=1S/C35H50O3/c1-4-6-8-12-29-13-15-30(16-14-29)17-18-31-19-23-34(24-20-31)38-35(36)32-21-25-33(26-22-32)37-27-10-7-9-11-28(3)5-2/h4,19-26,28-30H,1,5-18,27H2,2-3H3/t28-,29-,30-/m0/s1. The van der Waals surface area contributed by atoms with Gasteiger partial charge in [-0.3, -0.25) is 0 Å². The third kappa shape index (κ3) is 11.1. The van der Waals surface area contributed by atoms with Crippen molar-refractivity contribution in [2.45, 2.75) is 104 Å². The molecule has 0 amide bonds. The molecule has 0 aromatic heterocycles. The summed E-state index contributed by atoms with van der Waals surface area (Å²) in [6, 6.07) is 15.3. The number of hydrogen-bond donors (Lipinski definition) is 0. The van der Waals surface area contributed by atoms with Crippen LogP contribution in [0.3, 0.4) is 0 Å². The van der Waals surface area contributed by atoms with Gasteiger partial charge in [-0.1, -0.05) is 89.8 Å². The minimum absolute atomic E-state index is 0.334. The maximum absolute atomic E-state index is 12.6. The Balaban J connectivity index is 1.32. The molecule has 0 aliphatic heterocycles. The van der Waals surface area contributed by atoms with Crippen LogP contribution < -0.4 is 9.47 Å². The molecule has 2 aromatic rings. The molecule has 0 saturated heterocycles. The summed E-state index contributed by atoms with van der Waals surface area (Å²) in [6.07, 6.45) is 19.8. The van der Waals surface area contributed by atoms with Crippen molar-refractivity contribution < 1.29 is 14.3 Å². The number of allylic oxidation sites excluding steroid dienone is 1. The lowest BCUT2D eigenvalue weighted by Gasteiger charge is -2.28. The van der Waals surface area contributed by atoms with Crippen LogP contribution in [0.1, 0.15) is 113 Å². The highest BCUT2D eigenvalue weighted by molar-refractivity contribution is 5.91. The van der Waals surface area contributed by atoms with Gasteiger partial charge in [0.2, 0.25) is 0 Å². The third-order valence-corrected chi connectivity index (χ3v) is 8.36. The third-order valence-electron chi connectivity index (χ3n) is 8.36. The largest absolute Gasteiger partial charge is 0.494 e. The molecule has 3 nitrogen and oxygen atoms in total. The van der Waals surface area contributed by atoms with E-state index in [2.05, 4.69) is 32.6 Å². The molecule has 1 aliphatic rings. The fraction of sp³-hybridized carbons (Fsp3) is 0.571. The Labute approximate surface area is 232 Å². The van der Waals surface area contributed by atoms with Crippen molar-refractivity contribution in [3.8, 4) is 11.5 Å². The monoisotopic (exact) mass is 518 g/mol. The highest BCUT2D eigenvalue weighted by Crippen LogP contribution is 2.34. The van der Waals surface area contributed by atoms with Gasteiger partial charge in [-0.2, -0.15) is 0 Å². The molecule has 2 aromatic carbocycles. The summed E-state index contributed by atoms with van der Waals surface area (Å²) in [7, 11) is 0. The van der Waals surface area contributed by atoms with Crippen molar-refractivity contribution in [2.75, 3.05) is 6.61 Å². The smallest absolute Gasteiger partial charge is 0.343 e. The van der Waals surface area contributed by atoms with E-state index in [1.165, 1.54) is 76.2 Å². The van der Waals surface area contributed by atoms with E-state index >= 15 is 0 Å². The molecule has 1 atom stereocenters. The average molecular weight is 519 g/mol. The summed E-state index contributed by atoms with van der Waals surface area (Å²) in [5.41, 5.74) is 1.86. The molecule has 1 saturated carbocycles. The van der Waals surface area contributed by atoms with Crippen molar-refractivity contribution in [1.29, 1.82) is 0 Å². The summed E-state index contributed by atoms with van der Waals surface area (Å²) >= 11 is 0. The molecule has 1 aliphatic carbocycles.